The molecule has 0 saturated carbocycles. The van der Waals surface area contributed by atoms with E-state index in [2.05, 4.69) is 4.98 Å². The second-order valence-corrected chi connectivity index (χ2v) is 2.51. The third-order valence-electron chi connectivity index (χ3n) is 1.59. The van der Waals surface area contributed by atoms with E-state index in [4.69, 9.17) is 15.7 Å². The number of rotatable bonds is 3. The van der Waals surface area contributed by atoms with Gasteiger partial charge in [-0.15, -0.1) is 0 Å². The second-order valence-electron chi connectivity index (χ2n) is 2.51. The van der Waals surface area contributed by atoms with Gasteiger partial charge in [0.15, 0.2) is 0 Å². The van der Waals surface area contributed by atoms with Crippen LogP contribution in [0.5, 0.6) is 0 Å². The summed E-state index contributed by atoms with van der Waals surface area (Å²) in [5.41, 5.74) is 1.76. The molecule has 0 saturated heterocycles. The van der Waals surface area contributed by atoms with Crippen LogP contribution in [0.1, 0.15) is 16.1 Å². The summed E-state index contributed by atoms with van der Waals surface area (Å²) in [6, 6.07) is 2.70. The highest BCUT2D eigenvalue weighted by Gasteiger charge is 2.07. The van der Waals surface area contributed by atoms with Crippen LogP contribution in [-0.4, -0.2) is 33.5 Å². The van der Waals surface area contributed by atoms with Gasteiger partial charge in [-0.05, 0) is 12.1 Å². The first kappa shape index (κ1) is 10.3. The van der Waals surface area contributed by atoms with Crippen molar-refractivity contribution in [2.45, 2.75) is 0 Å². The molecule has 1 aromatic heterocycles. The molecule has 0 aliphatic carbocycles. The summed E-state index contributed by atoms with van der Waals surface area (Å²) in [4.78, 5) is 14.7. The van der Waals surface area contributed by atoms with Gasteiger partial charge in [0.2, 0.25) is 0 Å². The number of aliphatic hydroxyl groups is 1. The molecular formula is C8H9N3O3. The van der Waals surface area contributed by atoms with E-state index in [9.17, 15) is 4.79 Å². The van der Waals surface area contributed by atoms with Crippen LogP contribution in [0.15, 0.2) is 18.3 Å². The van der Waals surface area contributed by atoms with E-state index in [0.717, 1.165) is 0 Å². The molecule has 0 radical (unpaired) electrons. The van der Waals surface area contributed by atoms with Crippen LogP contribution in [0.25, 0.3) is 0 Å². The molecule has 0 aliphatic rings. The number of nitrogens with zero attached hydrogens (tertiary/aromatic N) is 1. The Bertz CT molecular complexity index is 333. The Morgan fingerprint density at radius 2 is 2.36 bits per heavy atom. The quantitative estimate of drug-likeness (QED) is 0.298. The highest BCUT2D eigenvalue weighted by atomic mass is 16.5. The van der Waals surface area contributed by atoms with E-state index in [1.165, 1.54) is 23.8 Å². The van der Waals surface area contributed by atoms with Crippen molar-refractivity contribution < 1.29 is 15.1 Å². The molecule has 1 aromatic rings. The molecule has 1 rings (SSSR count). The summed E-state index contributed by atoms with van der Waals surface area (Å²) in [5.74, 6) is -0.681. The Kier molecular flexibility index (Phi) is 3.27. The normalized spacial score (nSPS) is 9.57. The van der Waals surface area contributed by atoms with Crippen LogP contribution in [-0.2, 0) is 0 Å². The first-order valence-electron chi connectivity index (χ1n) is 3.78. The highest BCUT2D eigenvalue weighted by molar-refractivity contribution is 6.00. The number of aliphatic hydroxyl groups excluding tert-OH is 1. The molecule has 6 nitrogen and oxygen atoms in total. The molecule has 0 spiro atoms. The maximum Gasteiger partial charge on any atom is 0.274 e. The zero-order chi connectivity index (χ0) is 10.6. The fraction of sp³-hybridized carbons (Fsp3) is 0.125. The molecule has 14 heavy (non-hydrogen) atoms. The lowest BCUT2D eigenvalue weighted by Crippen LogP contribution is -2.19. The van der Waals surface area contributed by atoms with Gasteiger partial charge in [-0.2, -0.15) is 0 Å². The van der Waals surface area contributed by atoms with E-state index in [0.29, 0.717) is 0 Å². The minimum absolute atomic E-state index is 0.0856. The molecule has 0 unspecified atom stereocenters. The molecular weight excluding hydrogens is 186 g/mol. The third kappa shape index (κ3) is 2.12. The lowest BCUT2D eigenvalue weighted by Gasteiger charge is -2.02. The molecule has 74 valence electrons. The monoisotopic (exact) mass is 195 g/mol. The lowest BCUT2D eigenvalue weighted by molar-refractivity contribution is 0.0706. The summed E-state index contributed by atoms with van der Waals surface area (Å²) in [5, 5.41) is 24.3. The third-order valence-corrected chi connectivity index (χ3v) is 1.59. The molecule has 1 amide bonds. The minimum Gasteiger partial charge on any atom is -0.390 e. The van der Waals surface area contributed by atoms with Gasteiger partial charge in [0.05, 0.1) is 18.0 Å². The van der Waals surface area contributed by atoms with Gasteiger partial charge < -0.3 is 10.5 Å². The number of hydroxylamine groups is 1. The van der Waals surface area contributed by atoms with E-state index in [-0.39, 0.29) is 17.0 Å². The van der Waals surface area contributed by atoms with Gasteiger partial charge in [-0.1, -0.05) is 0 Å². The van der Waals surface area contributed by atoms with E-state index < -0.39 is 12.5 Å². The number of pyridine rings is 1. The zero-order valence-electron chi connectivity index (χ0n) is 7.19. The predicted molar refractivity (Wildman–Crippen MR) is 47.4 cm³/mol. The van der Waals surface area contributed by atoms with Crippen molar-refractivity contribution in [3.8, 4) is 0 Å². The summed E-state index contributed by atoms with van der Waals surface area (Å²) in [6.07, 6.45) is 1.32. The van der Waals surface area contributed by atoms with Crippen LogP contribution in [0.4, 0.5) is 0 Å². The zero-order valence-corrected chi connectivity index (χ0v) is 7.19. The largest absolute Gasteiger partial charge is 0.390 e. The van der Waals surface area contributed by atoms with Crippen molar-refractivity contribution >= 4 is 11.6 Å². The van der Waals surface area contributed by atoms with Gasteiger partial charge in [-0.3, -0.25) is 15.0 Å². The summed E-state index contributed by atoms with van der Waals surface area (Å²) in [7, 11) is 0. The van der Waals surface area contributed by atoms with Crippen molar-refractivity contribution in [2.75, 3.05) is 6.61 Å². The van der Waals surface area contributed by atoms with E-state index in [1.54, 1.807) is 0 Å². The molecule has 0 bridgehead atoms. The lowest BCUT2D eigenvalue weighted by atomic mass is 10.2. The summed E-state index contributed by atoms with van der Waals surface area (Å²) >= 11 is 0. The fourth-order valence-corrected chi connectivity index (χ4v) is 0.882. The number of hydrogen-bond acceptors (Lipinski definition) is 5. The van der Waals surface area contributed by atoms with Crippen molar-refractivity contribution in [3.05, 3.63) is 29.6 Å². The van der Waals surface area contributed by atoms with Crippen molar-refractivity contribution in [1.82, 2.24) is 10.5 Å². The van der Waals surface area contributed by atoms with Crippen LogP contribution in [0.2, 0.25) is 0 Å². The molecule has 4 N–H and O–H groups in total. The minimum atomic E-state index is -0.681. The molecule has 0 fully saturated rings. The number of carbonyl (C=O) groups excluding carboxylic acids is 1. The van der Waals surface area contributed by atoms with Crippen molar-refractivity contribution in [2.24, 2.45) is 0 Å². The SMILES string of the molecule is N=C(CO)c1cc(C(=O)NO)ccn1. The number of nitrogens with one attached hydrogen (secondary N) is 2. The fourth-order valence-electron chi connectivity index (χ4n) is 0.882. The van der Waals surface area contributed by atoms with Gasteiger partial charge >= 0.3 is 0 Å². The van der Waals surface area contributed by atoms with Crippen LogP contribution in [0.3, 0.4) is 0 Å². The Balaban J connectivity index is 3.01. The summed E-state index contributed by atoms with van der Waals surface area (Å²) < 4.78 is 0. The summed E-state index contributed by atoms with van der Waals surface area (Å²) in [6.45, 7) is -0.447. The Labute approximate surface area is 79.7 Å². The number of amides is 1. The van der Waals surface area contributed by atoms with Gasteiger partial charge in [0, 0.05) is 11.8 Å². The highest BCUT2D eigenvalue weighted by Crippen LogP contribution is 2.02. The van der Waals surface area contributed by atoms with Crippen LogP contribution >= 0.6 is 0 Å². The Morgan fingerprint density at radius 1 is 1.64 bits per heavy atom. The van der Waals surface area contributed by atoms with Crippen LogP contribution in [0, 0.1) is 5.41 Å². The van der Waals surface area contributed by atoms with Gasteiger partial charge in [0.25, 0.3) is 5.91 Å². The maximum absolute atomic E-state index is 11.0. The van der Waals surface area contributed by atoms with Crippen molar-refractivity contribution in [1.29, 1.82) is 5.41 Å². The van der Waals surface area contributed by atoms with E-state index >= 15 is 0 Å². The smallest absolute Gasteiger partial charge is 0.274 e. The maximum atomic E-state index is 11.0. The molecule has 1 heterocycles. The van der Waals surface area contributed by atoms with Gasteiger partial charge in [-0.25, -0.2) is 5.48 Å². The van der Waals surface area contributed by atoms with Crippen molar-refractivity contribution in [3.63, 3.8) is 0 Å². The molecule has 6 heteroatoms. The predicted octanol–water partition coefficient (Wildman–Crippen LogP) is -0.439. The number of carbonyl (C=O) groups is 1. The number of aromatic nitrogens is 1. The molecule has 0 aliphatic heterocycles. The average Bonchev–Trinajstić information content (AvgIpc) is 2.27. The van der Waals surface area contributed by atoms with E-state index in [1.807, 2.05) is 0 Å². The Morgan fingerprint density at radius 3 is 2.93 bits per heavy atom. The first-order valence-corrected chi connectivity index (χ1v) is 3.78. The number of hydrogen-bond donors (Lipinski definition) is 4. The van der Waals surface area contributed by atoms with Crippen LogP contribution < -0.4 is 5.48 Å². The standard InChI is InChI=1S/C8H9N3O3/c9-6(4-12)7-3-5(1-2-10-7)8(13)11-14/h1-3,9,12,14H,4H2,(H,11,13). The Hall–Kier alpha value is -1.79. The second kappa shape index (κ2) is 4.45. The average molecular weight is 195 g/mol. The molecule has 0 aromatic carbocycles. The molecule has 0 atom stereocenters. The van der Waals surface area contributed by atoms with Gasteiger partial charge in [0.1, 0.15) is 0 Å². The topological polar surface area (TPSA) is 106 Å². The first-order chi connectivity index (χ1) is 6.69.